The van der Waals surface area contributed by atoms with Gasteiger partial charge in [-0.05, 0) is 48.9 Å². The quantitative estimate of drug-likeness (QED) is 0.262. The molecule has 0 unspecified atom stereocenters. The van der Waals surface area contributed by atoms with Crippen LogP contribution >= 0.6 is 11.3 Å². The third kappa shape index (κ3) is 6.58. The number of hydrogen-bond acceptors (Lipinski definition) is 4. The molecule has 1 N–H and O–H groups in total. The van der Waals surface area contributed by atoms with E-state index in [1.807, 2.05) is 41.3 Å². The molecule has 0 spiro atoms. The Kier molecular flexibility index (Phi) is 8.66. The van der Waals surface area contributed by atoms with E-state index in [1.54, 1.807) is 4.90 Å². The fraction of sp³-hybridized carbons (Fsp3) is 0.323. The molecule has 7 heteroatoms. The van der Waals surface area contributed by atoms with Crippen LogP contribution < -0.4 is 5.32 Å². The number of carbonyl (C=O) groups is 2. The third-order valence-corrected chi connectivity index (χ3v) is 8.14. The van der Waals surface area contributed by atoms with Crippen LogP contribution in [-0.4, -0.2) is 52.9 Å². The largest absolute Gasteiger partial charge is 0.343 e. The van der Waals surface area contributed by atoms with Crippen LogP contribution in [0.15, 0.2) is 84.9 Å². The summed E-state index contributed by atoms with van der Waals surface area (Å²) in [5.74, 6) is 0.276. The molecule has 0 aliphatic carbocycles. The highest BCUT2D eigenvalue weighted by atomic mass is 32.1. The summed E-state index contributed by atoms with van der Waals surface area (Å²) in [5, 5.41) is 3.58. The van der Waals surface area contributed by atoms with Gasteiger partial charge in [0.15, 0.2) is 5.13 Å². The van der Waals surface area contributed by atoms with Gasteiger partial charge in [0.1, 0.15) is 0 Å². The number of likely N-dealkylation sites (tertiary alicyclic amines) is 1. The molecule has 4 aromatic rings. The van der Waals surface area contributed by atoms with E-state index < -0.39 is 0 Å². The minimum Gasteiger partial charge on any atom is -0.343 e. The Labute approximate surface area is 228 Å². The van der Waals surface area contributed by atoms with Gasteiger partial charge in [0.2, 0.25) is 5.91 Å². The number of anilines is 1. The molecule has 2 heterocycles. The predicted octanol–water partition coefficient (Wildman–Crippen LogP) is 6.76. The number of nitrogens with one attached hydrogen (secondary N) is 1. The van der Waals surface area contributed by atoms with Gasteiger partial charge >= 0.3 is 6.03 Å². The first-order valence-corrected chi connectivity index (χ1v) is 14.3. The van der Waals surface area contributed by atoms with Gasteiger partial charge in [-0.15, -0.1) is 0 Å². The second kappa shape index (κ2) is 12.7. The maximum atomic E-state index is 13.5. The SMILES string of the molecule is O=C(CCN(CCC(c1ccccc1)c1ccccc1)C(=O)Nc1nc2ccccc2s1)N1CCCCC1. The number of carbonyl (C=O) groups excluding carboxylic acids is 2. The molecular formula is C31H34N4O2S. The molecule has 0 atom stereocenters. The fourth-order valence-corrected chi connectivity index (χ4v) is 5.98. The Balaban J connectivity index is 1.32. The Morgan fingerprint density at radius 3 is 2.13 bits per heavy atom. The lowest BCUT2D eigenvalue weighted by molar-refractivity contribution is -0.132. The highest BCUT2D eigenvalue weighted by Crippen LogP contribution is 2.29. The summed E-state index contributed by atoms with van der Waals surface area (Å²) in [6.07, 6.45) is 4.38. The van der Waals surface area contributed by atoms with Crippen molar-refractivity contribution in [1.82, 2.24) is 14.8 Å². The number of hydrogen-bond donors (Lipinski definition) is 1. The second-order valence-electron chi connectivity index (χ2n) is 9.76. The Morgan fingerprint density at radius 1 is 0.842 bits per heavy atom. The standard InChI is InChI=1S/C31H34N4O2S/c36-29(34-20-10-3-11-21-34)19-23-35(31(37)33-30-32-27-16-8-9-17-28(27)38-30)22-18-26(24-12-4-1-5-13-24)25-14-6-2-7-15-25/h1-2,4-9,12-17,26H,3,10-11,18-23H2,(H,32,33,37). The van der Waals surface area contributed by atoms with Gasteiger partial charge in [0, 0.05) is 38.5 Å². The number of urea groups is 1. The number of benzene rings is 3. The molecule has 3 amide bonds. The molecule has 1 aliphatic rings. The Bertz CT molecular complexity index is 1260. The maximum absolute atomic E-state index is 13.5. The number of aromatic nitrogens is 1. The van der Waals surface area contributed by atoms with E-state index >= 15 is 0 Å². The van der Waals surface area contributed by atoms with Gasteiger partial charge in [0.25, 0.3) is 0 Å². The predicted molar refractivity (Wildman–Crippen MR) is 155 cm³/mol. The summed E-state index contributed by atoms with van der Waals surface area (Å²) in [6.45, 7) is 2.54. The van der Waals surface area contributed by atoms with Gasteiger partial charge in [-0.1, -0.05) is 84.1 Å². The lowest BCUT2D eigenvalue weighted by atomic mass is 9.88. The lowest BCUT2D eigenvalue weighted by Crippen LogP contribution is -2.41. The van der Waals surface area contributed by atoms with Crippen LogP contribution in [0, 0.1) is 0 Å². The highest BCUT2D eigenvalue weighted by Gasteiger charge is 2.23. The van der Waals surface area contributed by atoms with E-state index in [-0.39, 0.29) is 17.9 Å². The number of piperidine rings is 1. The first-order chi connectivity index (χ1) is 18.7. The van der Waals surface area contributed by atoms with Crippen molar-refractivity contribution in [1.29, 1.82) is 0 Å². The Morgan fingerprint density at radius 2 is 1.47 bits per heavy atom. The number of nitrogens with zero attached hydrogens (tertiary/aromatic N) is 3. The zero-order valence-electron chi connectivity index (χ0n) is 21.6. The van der Waals surface area contributed by atoms with E-state index in [0.717, 1.165) is 42.6 Å². The van der Waals surface area contributed by atoms with E-state index in [1.165, 1.54) is 28.9 Å². The molecule has 1 fully saturated rings. The van der Waals surface area contributed by atoms with E-state index in [9.17, 15) is 9.59 Å². The summed E-state index contributed by atoms with van der Waals surface area (Å²) in [6, 6.07) is 28.5. The van der Waals surface area contributed by atoms with Crippen LogP contribution in [0.3, 0.4) is 0 Å². The molecule has 5 rings (SSSR count). The normalized spacial score (nSPS) is 13.6. The molecule has 1 aliphatic heterocycles. The first kappa shape index (κ1) is 25.9. The van der Waals surface area contributed by atoms with Gasteiger partial charge in [-0.2, -0.15) is 0 Å². The lowest BCUT2D eigenvalue weighted by Gasteiger charge is -2.29. The summed E-state index contributed by atoms with van der Waals surface area (Å²) in [5.41, 5.74) is 3.30. The Hall–Kier alpha value is -3.71. The number of fused-ring (bicyclic) bond motifs is 1. The van der Waals surface area contributed by atoms with Crippen molar-refractivity contribution in [3.05, 3.63) is 96.1 Å². The fourth-order valence-electron chi connectivity index (χ4n) is 5.12. The molecule has 6 nitrogen and oxygen atoms in total. The van der Waals surface area contributed by atoms with Crippen molar-refractivity contribution >= 4 is 38.6 Å². The maximum Gasteiger partial charge on any atom is 0.323 e. The number of amides is 3. The van der Waals surface area contributed by atoms with Gasteiger partial charge in [0.05, 0.1) is 10.2 Å². The van der Waals surface area contributed by atoms with Gasteiger partial charge in [-0.3, -0.25) is 10.1 Å². The molecule has 0 saturated carbocycles. The van der Waals surface area contributed by atoms with E-state index in [4.69, 9.17) is 0 Å². The van der Waals surface area contributed by atoms with Crippen LogP contribution in [0.25, 0.3) is 10.2 Å². The van der Waals surface area contributed by atoms with Gasteiger partial charge in [-0.25, -0.2) is 9.78 Å². The van der Waals surface area contributed by atoms with E-state index in [2.05, 4.69) is 58.8 Å². The number of thiazole rings is 1. The second-order valence-corrected chi connectivity index (χ2v) is 10.8. The van der Waals surface area contributed by atoms with Crippen molar-refractivity contribution in [3.8, 4) is 0 Å². The minimum absolute atomic E-state index is 0.130. The highest BCUT2D eigenvalue weighted by molar-refractivity contribution is 7.22. The summed E-state index contributed by atoms with van der Waals surface area (Å²) >= 11 is 1.46. The smallest absolute Gasteiger partial charge is 0.323 e. The van der Waals surface area contributed by atoms with Crippen molar-refractivity contribution in [3.63, 3.8) is 0 Å². The average molecular weight is 527 g/mol. The summed E-state index contributed by atoms with van der Waals surface area (Å²) in [4.78, 5) is 34.8. The molecule has 38 heavy (non-hydrogen) atoms. The van der Waals surface area contributed by atoms with Crippen molar-refractivity contribution < 1.29 is 9.59 Å². The van der Waals surface area contributed by atoms with Crippen LogP contribution in [-0.2, 0) is 4.79 Å². The molecule has 0 bridgehead atoms. The molecule has 3 aromatic carbocycles. The molecular weight excluding hydrogens is 492 g/mol. The zero-order valence-corrected chi connectivity index (χ0v) is 22.4. The summed E-state index contributed by atoms with van der Waals surface area (Å²) in [7, 11) is 0. The van der Waals surface area contributed by atoms with Gasteiger partial charge < -0.3 is 9.80 Å². The summed E-state index contributed by atoms with van der Waals surface area (Å²) < 4.78 is 1.03. The van der Waals surface area contributed by atoms with Crippen LogP contribution in [0.1, 0.15) is 49.1 Å². The molecule has 1 aromatic heterocycles. The average Bonchev–Trinajstić information content (AvgIpc) is 3.38. The third-order valence-electron chi connectivity index (χ3n) is 7.19. The minimum atomic E-state index is -0.213. The van der Waals surface area contributed by atoms with E-state index in [0.29, 0.717) is 24.6 Å². The zero-order chi connectivity index (χ0) is 26.2. The van der Waals surface area contributed by atoms with Crippen LogP contribution in [0.2, 0.25) is 0 Å². The van der Waals surface area contributed by atoms with Crippen molar-refractivity contribution in [2.24, 2.45) is 0 Å². The molecule has 1 saturated heterocycles. The number of para-hydroxylation sites is 1. The monoisotopic (exact) mass is 526 g/mol. The molecule has 0 radical (unpaired) electrons. The molecule has 196 valence electrons. The van der Waals surface area contributed by atoms with Crippen molar-refractivity contribution in [2.75, 3.05) is 31.5 Å². The number of rotatable bonds is 9. The first-order valence-electron chi connectivity index (χ1n) is 13.5. The van der Waals surface area contributed by atoms with Crippen LogP contribution in [0.4, 0.5) is 9.93 Å². The van der Waals surface area contributed by atoms with Crippen molar-refractivity contribution in [2.45, 2.75) is 38.0 Å². The topological polar surface area (TPSA) is 65.5 Å². The van der Waals surface area contributed by atoms with Crippen LogP contribution in [0.5, 0.6) is 0 Å².